The van der Waals surface area contributed by atoms with Crippen molar-refractivity contribution in [1.82, 2.24) is 10.9 Å². The first kappa shape index (κ1) is 13.5. The van der Waals surface area contributed by atoms with Gasteiger partial charge in [0.25, 0.3) is 0 Å². The monoisotopic (exact) mass is 273 g/mol. The number of ether oxygens (including phenoxy) is 1. The number of nitrogens with one attached hydrogen (secondary N) is 3. The molecule has 0 aromatic heterocycles. The molecule has 1 aromatic rings. The van der Waals surface area contributed by atoms with Crippen LogP contribution in [0, 0.1) is 0 Å². The van der Waals surface area contributed by atoms with Gasteiger partial charge in [0, 0.05) is 11.9 Å². The third-order valence-corrected chi connectivity index (χ3v) is 2.20. The number of hydrogen-bond acceptors (Lipinski definition) is 3. The van der Waals surface area contributed by atoms with Crippen molar-refractivity contribution in [1.29, 1.82) is 0 Å². The second-order valence-corrected chi connectivity index (χ2v) is 3.95. The number of thiocarbonyl (C=S) groups is 1. The van der Waals surface area contributed by atoms with Gasteiger partial charge in [-0.3, -0.25) is 15.6 Å². The zero-order valence-electron chi connectivity index (χ0n) is 9.33. The molecule has 1 aromatic carbocycles. The Labute approximate surface area is 109 Å². The topological polar surface area (TPSA) is 62.4 Å². The molecule has 1 amide bonds. The Kier molecular flexibility index (Phi) is 4.99. The van der Waals surface area contributed by atoms with Crippen molar-refractivity contribution in [2.45, 2.75) is 6.92 Å². The summed E-state index contributed by atoms with van der Waals surface area (Å²) >= 11 is 10.8. The fourth-order valence-corrected chi connectivity index (χ4v) is 1.41. The lowest BCUT2D eigenvalue weighted by atomic mass is 10.3. The molecule has 0 saturated heterocycles. The number of carbonyl (C=O) groups excluding carboxylic acids is 1. The van der Waals surface area contributed by atoms with Gasteiger partial charge in [0.15, 0.2) is 5.11 Å². The van der Waals surface area contributed by atoms with Crippen molar-refractivity contribution in [2.75, 3.05) is 12.4 Å². The lowest BCUT2D eigenvalue weighted by Gasteiger charge is -2.13. The summed E-state index contributed by atoms with van der Waals surface area (Å²) < 4.78 is 5.13. The lowest BCUT2D eigenvalue weighted by molar-refractivity contribution is -0.119. The van der Waals surface area contributed by atoms with Crippen LogP contribution in [0.2, 0.25) is 5.02 Å². The molecule has 92 valence electrons. The van der Waals surface area contributed by atoms with Crippen LogP contribution in [0.3, 0.4) is 0 Å². The van der Waals surface area contributed by atoms with Crippen LogP contribution in [0.1, 0.15) is 6.92 Å². The van der Waals surface area contributed by atoms with Gasteiger partial charge in [0.2, 0.25) is 5.91 Å². The Morgan fingerprint density at radius 1 is 1.41 bits per heavy atom. The molecule has 17 heavy (non-hydrogen) atoms. The van der Waals surface area contributed by atoms with Gasteiger partial charge in [-0.1, -0.05) is 11.6 Å². The van der Waals surface area contributed by atoms with Crippen molar-refractivity contribution >= 4 is 40.5 Å². The SMILES string of the molecule is COc1ccc(Cl)cc1NC(=S)NNC(C)=O. The number of rotatable bonds is 2. The summed E-state index contributed by atoms with van der Waals surface area (Å²) in [7, 11) is 1.54. The van der Waals surface area contributed by atoms with Gasteiger partial charge in [-0.05, 0) is 30.4 Å². The second-order valence-electron chi connectivity index (χ2n) is 3.10. The van der Waals surface area contributed by atoms with Crippen LogP contribution in [0.15, 0.2) is 18.2 Å². The molecule has 0 saturated carbocycles. The van der Waals surface area contributed by atoms with Crippen LogP contribution < -0.4 is 20.9 Å². The number of hydrogen-bond donors (Lipinski definition) is 3. The summed E-state index contributed by atoms with van der Waals surface area (Å²) in [5.41, 5.74) is 5.49. The molecule has 1 rings (SSSR count). The van der Waals surface area contributed by atoms with E-state index in [4.69, 9.17) is 28.6 Å². The largest absolute Gasteiger partial charge is 0.495 e. The highest BCUT2D eigenvalue weighted by molar-refractivity contribution is 7.80. The van der Waals surface area contributed by atoms with Crippen molar-refractivity contribution in [3.63, 3.8) is 0 Å². The Balaban J connectivity index is 2.69. The molecule has 0 spiro atoms. The van der Waals surface area contributed by atoms with E-state index in [0.29, 0.717) is 16.5 Å². The Morgan fingerprint density at radius 2 is 2.12 bits per heavy atom. The lowest BCUT2D eigenvalue weighted by Crippen LogP contribution is -2.42. The molecule has 0 atom stereocenters. The molecule has 0 aliphatic rings. The second kappa shape index (κ2) is 6.27. The molecule has 0 aliphatic carbocycles. The van der Waals surface area contributed by atoms with Crippen LogP contribution in [0.5, 0.6) is 5.75 Å². The van der Waals surface area contributed by atoms with Crippen LogP contribution in [0.25, 0.3) is 0 Å². The van der Waals surface area contributed by atoms with E-state index >= 15 is 0 Å². The average molecular weight is 274 g/mol. The summed E-state index contributed by atoms with van der Waals surface area (Å²) in [5, 5.41) is 3.64. The van der Waals surface area contributed by atoms with E-state index in [-0.39, 0.29) is 11.0 Å². The molecule has 0 aliphatic heterocycles. The molecule has 0 heterocycles. The van der Waals surface area contributed by atoms with Gasteiger partial charge in [-0.25, -0.2) is 0 Å². The van der Waals surface area contributed by atoms with E-state index in [0.717, 1.165) is 0 Å². The van der Waals surface area contributed by atoms with E-state index in [2.05, 4.69) is 16.2 Å². The minimum Gasteiger partial charge on any atom is -0.495 e. The fourth-order valence-electron chi connectivity index (χ4n) is 1.08. The minimum atomic E-state index is -0.243. The van der Waals surface area contributed by atoms with Crippen LogP contribution in [-0.2, 0) is 4.79 Å². The van der Waals surface area contributed by atoms with E-state index in [1.54, 1.807) is 25.3 Å². The smallest absolute Gasteiger partial charge is 0.235 e. The number of methoxy groups -OCH3 is 1. The average Bonchev–Trinajstić information content (AvgIpc) is 2.27. The van der Waals surface area contributed by atoms with Gasteiger partial charge in [0.05, 0.1) is 12.8 Å². The third kappa shape index (κ3) is 4.46. The molecular formula is C10H12ClN3O2S. The number of carbonyl (C=O) groups is 1. The maximum Gasteiger partial charge on any atom is 0.235 e. The molecule has 3 N–H and O–H groups in total. The highest BCUT2D eigenvalue weighted by Crippen LogP contribution is 2.27. The van der Waals surface area contributed by atoms with Gasteiger partial charge >= 0.3 is 0 Å². The van der Waals surface area contributed by atoms with E-state index < -0.39 is 0 Å². The van der Waals surface area contributed by atoms with Crippen LogP contribution in [-0.4, -0.2) is 18.1 Å². The number of anilines is 1. The Hall–Kier alpha value is -1.53. The normalized spacial score (nSPS) is 9.35. The Bertz CT molecular complexity index is 440. The zero-order chi connectivity index (χ0) is 12.8. The molecule has 0 radical (unpaired) electrons. The summed E-state index contributed by atoms with van der Waals surface area (Å²) in [5.74, 6) is 0.355. The van der Waals surface area contributed by atoms with Crippen molar-refractivity contribution < 1.29 is 9.53 Å². The number of halogens is 1. The molecule has 0 bridgehead atoms. The maximum atomic E-state index is 10.7. The molecule has 0 unspecified atom stereocenters. The number of benzene rings is 1. The first-order valence-electron chi connectivity index (χ1n) is 4.70. The van der Waals surface area contributed by atoms with Crippen LogP contribution >= 0.6 is 23.8 Å². The molecule has 7 heteroatoms. The minimum absolute atomic E-state index is 0.237. The maximum absolute atomic E-state index is 10.7. The first-order valence-corrected chi connectivity index (χ1v) is 5.48. The fraction of sp³-hybridized carbons (Fsp3) is 0.200. The van der Waals surface area contributed by atoms with Gasteiger partial charge in [-0.2, -0.15) is 0 Å². The number of amides is 1. The molecule has 5 nitrogen and oxygen atoms in total. The van der Waals surface area contributed by atoms with Gasteiger partial charge in [0.1, 0.15) is 5.75 Å². The van der Waals surface area contributed by atoms with Crippen molar-refractivity contribution in [2.24, 2.45) is 0 Å². The highest BCUT2D eigenvalue weighted by Gasteiger charge is 2.05. The predicted molar refractivity (Wildman–Crippen MR) is 71.2 cm³/mol. The predicted octanol–water partition coefficient (Wildman–Crippen LogP) is 1.69. The highest BCUT2D eigenvalue weighted by atomic mass is 35.5. The summed E-state index contributed by atoms with van der Waals surface area (Å²) in [6.45, 7) is 1.37. The Morgan fingerprint density at radius 3 is 2.71 bits per heavy atom. The first-order chi connectivity index (χ1) is 8.02. The summed E-state index contributed by atoms with van der Waals surface area (Å²) in [6.07, 6.45) is 0. The molecule has 0 fully saturated rings. The van der Waals surface area contributed by atoms with Gasteiger partial charge < -0.3 is 10.1 Å². The summed E-state index contributed by atoms with van der Waals surface area (Å²) in [4.78, 5) is 10.7. The van der Waals surface area contributed by atoms with Crippen LogP contribution in [0.4, 0.5) is 5.69 Å². The van der Waals surface area contributed by atoms with E-state index in [9.17, 15) is 4.79 Å². The van der Waals surface area contributed by atoms with Gasteiger partial charge in [-0.15, -0.1) is 0 Å². The van der Waals surface area contributed by atoms with E-state index in [1.807, 2.05) is 0 Å². The van der Waals surface area contributed by atoms with Crippen molar-refractivity contribution in [3.05, 3.63) is 23.2 Å². The third-order valence-electron chi connectivity index (χ3n) is 1.76. The molecular weight excluding hydrogens is 262 g/mol. The summed E-state index contributed by atoms with van der Waals surface area (Å²) in [6, 6.07) is 5.09. The number of hydrazine groups is 1. The van der Waals surface area contributed by atoms with Crippen molar-refractivity contribution in [3.8, 4) is 5.75 Å². The zero-order valence-corrected chi connectivity index (χ0v) is 10.9. The quantitative estimate of drug-likeness (QED) is 0.565. The van der Waals surface area contributed by atoms with E-state index in [1.165, 1.54) is 6.92 Å². The standard InChI is InChI=1S/C10H12ClN3O2S/c1-6(15)13-14-10(17)12-8-5-7(11)3-4-9(8)16-2/h3-5H,1-2H3,(H,13,15)(H2,12,14,17).